The minimum Gasteiger partial charge on any atom is -0.366 e. The van der Waals surface area contributed by atoms with Crippen molar-refractivity contribution in [2.24, 2.45) is 0 Å². The number of non-ortho nitro benzene ring substituents is 1. The van der Waals surface area contributed by atoms with Crippen molar-refractivity contribution in [3.05, 3.63) is 33.9 Å². The molecule has 1 saturated heterocycles. The second kappa shape index (κ2) is 6.13. The molecular weight excluding hydrogens is 268 g/mol. The average Bonchev–Trinajstić information content (AvgIpc) is 2.89. The third-order valence-electron chi connectivity index (χ3n) is 3.51. The highest BCUT2D eigenvalue weighted by Crippen LogP contribution is 2.28. The first-order chi connectivity index (χ1) is 9.52. The third kappa shape index (κ3) is 3.04. The summed E-state index contributed by atoms with van der Waals surface area (Å²) in [7, 11) is 0. The Balaban J connectivity index is 2.26. The summed E-state index contributed by atoms with van der Waals surface area (Å²) in [5.74, 6) is -1.78. The molecule has 1 aromatic carbocycles. The molecule has 1 aliphatic rings. The number of nitrogens with one attached hydrogen (secondary N) is 1. The van der Waals surface area contributed by atoms with Crippen molar-refractivity contribution in [2.75, 3.05) is 24.5 Å². The molecule has 0 saturated carbocycles. The van der Waals surface area contributed by atoms with Crippen molar-refractivity contribution in [1.29, 1.82) is 0 Å². The van der Waals surface area contributed by atoms with Crippen LogP contribution in [0, 0.1) is 21.7 Å². The molecule has 20 heavy (non-hydrogen) atoms. The van der Waals surface area contributed by atoms with Gasteiger partial charge < -0.3 is 10.2 Å². The SMILES string of the molecule is CCN(CC1CCCN1)c1c(F)cc([N+](=O)[O-])cc1F. The van der Waals surface area contributed by atoms with Gasteiger partial charge in [0.1, 0.15) is 5.69 Å². The summed E-state index contributed by atoms with van der Waals surface area (Å²) in [5, 5.41) is 13.8. The van der Waals surface area contributed by atoms with E-state index in [-0.39, 0.29) is 11.7 Å². The molecule has 1 unspecified atom stereocenters. The average molecular weight is 285 g/mol. The van der Waals surface area contributed by atoms with Gasteiger partial charge in [0.05, 0.1) is 17.1 Å². The lowest BCUT2D eigenvalue weighted by Gasteiger charge is -2.27. The van der Waals surface area contributed by atoms with E-state index in [1.807, 2.05) is 0 Å². The zero-order chi connectivity index (χ0) is 14.7. The molecule has 2 rings (SSSR count). The molecule has 0 bridgehead atoms. The van der Waals surface area contributed by atoms with Crippen LogP contribution in [0.1, 0.15) is 19.8 Å². The van der Waals surface area contributed by atoms with E-state index in [0.29, 0.717) is 13.1 Å². The highest BCUT2D eigenvalue weighted by molar-refractivity contribution is 5.54. The lowest BCUT2D eigenvalue weighted by atomic mass is 10.2. The Kier molecular flexibility index (Phi) is 4.49. The van der Waals surface area contributed by atoms with Gasteiger partial charge >= 0.3 is 0 Å². The number of likely N-dealkylation sites (N-methyl/N-ethyl adjacent to an activating group) is 1. The fourth-order valence-electron chi connectivity index (χ4n) is 2.52. The molecular formula is C13H17F2N3O2. The van der Waals surface area contributed by atoms with Crippen molar-refractivity contribution in [3.8, 4) is 0 Å². The molecule has 1 aliphatic heterocycles. The Bertz CT molecular complexity index is 481. The van der Waals surface area contributed by atoms with E-state index >= 15 is 0 Å². The Morgan fingerprint density at radius 2 is 2.10 bits per heavy atom. The summed E-state index contributed by atoms with van der Waals surface area (Å²) in [4.78, 5) is 11.4. The van der Waals surface area contributed by atoms with E-state index in [1.54, 1.807) is 11.8 Å². The van der Waals surface area contributed by atoms with Gasteiger partial charge in [0, 0.05) is 19.1 Å². The van der Waals surface area contributed by atoms with Gasteiger partial charge in [0.25, 0.3) is 5.69 Å². The van der Waals surface area contributed by atoms with Crippen LogP contribution in [-0.2, 0) is 0 Å². The number of nitro benzene ring substituents is 1. The van der Waals surface area contributed by atoms with Gasteiger partial charge in [0.15, 0.2) is 11.6 Å². The number of halogens is 2. The van der Waals surface area contributed by atoms with Gasteiger partial charge in [-0.3, -0.25) is 10.1 Å². The van der Waals surface area contributed by atoms with Crippen LogP contribution < -0.4 is 10.2 Å². The predicted octanol–water partition coefficient (Wildman–Crippen LogP) is 2.45. The molecule has 7 heteroatoms. The molecule has 1 atom stereocenters. The summed E-state index contributed by atoms with van der Waals surface area (Å²) < 4.78 is 28.0. The molecule has 110 valence electrons. The number of nitro groups is 1. The van der Waals surface area contributed by atoms with E-state index in [9.17, 15) is 18.9 Å². The van der Waals surface area contributed by atoms with Crippen molar-refractivity contribution < 1.29 is 13.7 Å². The van der Waals surface area contributed by atoms with E-state index in [0.717, 1.165) is 31.5 Å². The highest BCUT2D eigenvalue weighted by Gasteiger charge is 2.24. The lowest BCUT2D eigenvalue weighted by molar-refractivity contribution is -0.385. The fourth-order valence-corrected chi connectivity index (χ4v) is 2.52. The van der Waals surface area contributed by atoms with E-state index in [2.05, 4.69) is 5.32 Å². The topological polar surface area (TPSA) is 58.4 Å². The van der Waals surface area contributed by atoms with E-state index in [1.165, 1.54) is 0 Å². The summed E-state index contributed by atoms with van der Waals surface area (Å²) in [5.41, 5.74) is -0.759. The van der Waals surface area contributed by atoms with Crippen LogP contribution >= 0.6 is 0 Å². The fraction of sp³-hybridized carbons (Fsp3) is 0.538. The molecule has 5 nitrogen and oxygen atoms in total. The zero-order valence-corrected chi connectivity index (χ0v) is 11.2. The quantitative estimate of drug-likeness (QED) is 0.667. The number of hydrogen-bond acceptors (Lipinski definition) is 4. The summed E-state index contributed by atoms with van der Waals surface area (Å²) in [6.07, 6.45) is 2.01. The second-order valence-electron chi connectivity index (χ2n) is 4.85. The summed E-state index contributed by atoms with van der Waals surface area (Å²) in [6.45, 7) is 3.63. The second-order valence-corrected chi connectivity index (χ2v) is 4.85. The van der Waals surface area contributed by atoms with Crippen LogP contribution in [0.3, 0.4) is 0 Å². The number of anilines is 1. The predicted molar refractivity (Wildman–Crippen MR) is 71.9 cm³/mol. The van der Waals surface area contributed by atoms with Crippen LogP contribution in [0.25, 0.3) is 0 Å². The van der Waals surface area contributed by atoms with Gasteiger partial charge in [0.2, 0.25) is 0 Å². The molecule has 1 heterocycles. The lowest BCUT2D eigenvalue weighted by Crippen LogP contribution is -2.38. The highest BCUT2D eigenvalue weighted by atomic mass is 19.1. The molecule has 0 radical (unpaired) electrons. The normalized spacial score (nSPS) is 18.2. The van der Waals surface area contributed by atoms with Crippen LogP contribution in [0.15, 0.2) is 12.1 Å². The largest absolute Gasteiger partial charge is 0.366 e. The van der Waals surface area contributed by atoms with Gasteiger partial charge in [-0.15, -0.1) is 0 Å². The maximum atomic E-state index is 14.0. The van der Waals surface area contributed by atoms with Crippen LogP contribution in [0.4, 0.5) is 20.2 Å². The maximum absolute atomic E-state index is 14.0. The number of hydrogen-bond donors (Lipinski definition) is 1. The molecule has 0 aromatic heterocycles. The number of rotatable bonds is 5. The van der Waals surface area contributed by atoms with Crippen molar-refractivity contribution in [1.82, 2.24) is 5.32 Å². The Labute approximate surface area is 115 Å². The first kappa shape index (κ1) is 14.6. The van der Waals surface area contributed by atoms with E-state index < -0.39 is 22.2 Å². The minimum absolute atomic E-state index is 0.188. The molecule has 0 aliphatic carbocycles. The standard InChI is InChI=1S/C13H17F2N3O2/c1-2-17(8-9-4-3-5-16-9)13-11(14)6-10(18(19)20)7-12(13)15/h6-7,9,16H,2-5,8H2,1H3. The Morgan fingerprint density at radius 3 is 2.55 bits per heavy atom. The zero-order valence-electron chi connectivity index (χ0n) is 11.2. The first-order valence-corrected chi connectivity index (χ1v) is 6.64. The van der Waals surface area contributed by atoms with Gasteiger partial charge in [-0.2, -0.15) is 0 Å². The van der Waals surface area contributed by atoms with Crippen molar-refractivity contribution >= 4 is 11.4 Å². The smallest absolute Gasteiger partial charge is 0.275 e. The van der Waals surface area contributed by atoms with Gasteiger partial charge in [-0.25, -0.2) is 8.78 Å². The van der Waals surface area contributed by atoms with Gasteiger partial charge in [-0.1, -0.05) is 0 Å². The molecule has 0 spiro atoms. The van der Waals surface area contributed by atoms with Crippen molar-refractivity contribution in [3.63, 3.8) is 0 Å². The molecule has 1 fully saturated rings. The molecule has 0 amide bonds. The molecule has 1 aromatic rings. The summed E-state index contributed by atoms with van der Waals surface area (Å²) in [6, 6.07) is 1.73. The van der Waals surface area contributed by atoms with Crippen LogP contribution in [-0.4, -0.2) is 30.6 Å². The third-order valence-corrected chi connectivity index (χ3v) is 3.51. The summed E-state index contributed by atoms with van der Waals surface area (Å²) >= 11 is 0. The van der Waals surface area contributed by atoms with E-state index in [4.69, 9.17) is 0 Å². The Morgan fingerprint density at radius 1 is 1.45 bits per heavy atom. The first-order valence-electron chi connectivity index (χ1n) is 6.64. The number of nitrogens with zero attached hydrogens (tertiary/aromatic N) is 2. The minimum atomic E-state index is -0.892. The maximum Gasteiger partial charge on any atom is 0.275 e. The monoisotopic (exact) mass is 285 g/mol. The van der Waals surface area contributed by atoms with Crippen LogP contribution in [0.5, 0.6) is 0 Å². The number of benzene rings is 1. The Hall–Kier alpha value is -1.76. The van der Waals surface area contributed by atoms with Crippen molar-refractivity contribution in [2.45, 2.75) is 25.8 Å². The molecule has 1 N–H and O–H groups in total. The van der Waals surface area contributed by atoms with Gasteiger partial charge in [-0.05, 0) is 26.3 Å². The van der Waals surface area contributed by atoms with Crippen LogP contribution in [0.2, 0.25) is 0 Å².